The van der Waals surface area contributed by atoms with Crippen molar-refractivity contribution in [3.63, 3.8) is 0 Å². The quantitative estimate of drug-likeness (QED) is 0.264. The molecule has 138 valence electrons. The van der Waals surface area contributed by atoms with Crippen LogP contribution >= 0.6 is 24.0 Å². The highest BCUT2D eigenvalue weighted by atomic mass is 127. The summed E-state index contributed by atoms with van der Waals surface area (Å²) in [5.74, 6) is 1.83. The summed E-state index contributed by atoms with van der Waals surface area (Å²) in [6.45, 7) is 3.74. The van der Waals surface area contributed by atoms with Gasteiger partial charge in [-0.05, 0) is 37.7 Å². The first-order valence-electron chi connectivity index (χ1n) is 8.47. The molecule has 0 spiro atoms. The van der Waals surface area contributed by atoms with Crippen molar-refractivity contribution in [2.75, 3.05) is 33.7 Å². The lowest BCUT2D eigenvalue weighted by molar-refractivity contribution is 0.322. The minimum absolute atomic E-state index is 0. The molecular formula is C19H29IN4O. The highest BCUT2D eigenvalue weighted by Gasteiger charge is 2.02. The summed E-state index contributed by atoms with van der Waals surface area (Å²) in [6.07, 6.45) is 3.63. The molecule has 0 saturated heterocycles. The standard InChI is InChI=1S/C19H28N4O.HI/c1-20-19(22-13-11-18-10-6-15-24-18)21-12-7-14-23(2)16-17-8-4-3-5-9-17;/h3-6,8-10,15H,7,11-14,16H2,1-2H3,(H2,20,21,22);1H. The summed E-state index contributed by atoms with van der Waals surface area (Å²) in [6, 6.07) is 14.5. The Morgan fingerprint density at radius 1 is 1.08 bits per heavy atom. The first-order valence-corrected chi connectivity index (χ1v) is 8.47. The van der Waals surface area contributed by atoms with E-state index >= 15 is 0 Å². The molecule has 0 bridgehead atoms. The molecule has 0 fully saturated rings. The van der Waals surface area contributed by atoms with Gasteiger partial charge >= 0.3 is 0 Å². The third-order valence-corrected chi connectivity index (χ3v) is 3.77. The Bertz CT molecular complexity index is 587. The Balaban J connectivity index is 0.00000312. The average Bonchev–Trinajstić information content (AvgIpc) is 3.11. The molecule has 25 heavy (non-hydrogen) atoms. The number of rotatable bonds is 9. The monoisotopic (exact) mass is 456 g/mol. The molecule has 1 heterocycles. The fourth-order valence-corrected chi connectivity index (χ4v) is 2.51. The van der Waals surface area contributed by atoms with Crippen molar-refractivity contribution in [3.05, 3.63) is 60.1 Å². The Morgan fingerprint density at radius 2 is 1.84 bits per heavy atom. The summed E-state index contributed by atoms with van der Waals surface area (Å²) >= 11 is 0. The van der Waals surface area contributed by atoms with Gasteiger partial charge in [-0.2, -0.15) is 0 Å². The molecule has 0 atom stereocenters. The van der Waals surface area contributed by atoms with Crippen molar-refractivity contribution in [1.29, 1.82) is 0 Å². The molecule has 0 aliphatic heterocycles. The van der Waals surface area contributed by atoms with E-state index in [0.717, 1.165) is 50.7 Å². The average molecular weight is 456 g/mol. The van der Waals surface area contributed by atoms with Crippen LogP contribution < -0.4 is 10.6 Å². The number of hydrogen-bond acceptors (Lipinski definition) is 3. The van der Waals surface area contributed by atoms with Crippen LogP contribution in [-0.4, -0.2) is 44.6 Å². The number of aliphatic imine (C=N–C) groups is 1. The zero-order valence-corrected chi connectivity index (χ0v) is 17.4. The van der Waals surface area contributed by atoms with E-state index in [0.29, 0.717) is 0 Å². The molecule has 0 aliphatic rings. The van der Waals surface area contributed by atoms with Crippen molar-refractivity contribution in [2.45, 2.75) is 19.4 Å². The van der Waals surface area contributed by atoms with E-state index in [-0.39, 0.29) is 24.0 Å². The van der Waals surface area contributed by atoms with Gasteiger partial charge in [0, 0.05) is 33.1 Å². The second kappa shape index (κ2) is 12.8. The van der Waals surface area contributed by atoms with Gasteiger partial charge in [-0.1, -0.05) is 30.3 Å². The normalized spacial score (nSPS) is 11.2. The van der Waals surface area contributed by atoms with Crippen molar-refractivity contribution >= 4 is 29.9 Å². The minimum atomic E-state index is 0. The predicted octanol–water partition coefficient (Wildman–Crippen LogP) is 3.13. The first kappa shape index (κ1) is 21.5. The summed E-state index contributed by atoms with van der Waals surface area (Å²) in [7, 11) is 3.95. The van der Waals surface area contributed by atoms with Crippen LogP contribution in [0.1, 0.15) is 17.7 Å². The number of benzene rings is 1. The van der Waals surface area contributed by atoms with Gasteiger partial charge in [-0.25, -0.2) is 0 Å². The number of hydrogen-bond donors (Lipinski definition) is 2. The molecule has 6 heteroatoms. The second-order valence-electron chi connectivity index (χ2n) is 5.83. The summed E-state index contributed by atoms with van der Waals surface area (Å²) in [5, 5.41) is 6.65. The van der Waals surface area contributed by atoms with Crippen LogP contribution in [0.2, 0.25) is 0 Å². The maximum atomic E-state index is 5.32. The van der Waals surface area contributed by atoms with Crippen LogP contribution in [0.3, 0.4) is 0 Å². The number of guanidine groups is 1. The smallest absolute Gasteiger partial charge is 0.190 e. The van der Waals surface area contributed by atoms with Gasteiger partial charge in [0.05, 0.1) is 6.26 Å². The van der Waals surface area contributed by atoms with Gasteiger partial charge in [-0.3, -0.25) is 4.99 Å². The number of nitrogens with zero attached hydrogens (tertiary/aromatic N) is 2. The molecule has 0 saturated carbocycles. The van der Waals surface area contributed by atoms with Crippen molar-refractivity contribution in [1.82, 2.24) is 15.5 Å². The van der Waals surface area contributed by atoms with Crippen LogP contribution in [0.4, 0.5) is 0 Å². The fraction of sp³-hybridized carbons (Fsp3) is 0.421. The third-order valence-electron chi connectivity index (χ3n) is 3.77. The molecule has 0 aliphatic carbocycles. The lowest BCUT2D eigenvalue weighted by atomic mass is 10.2. The van der Waals surface area contributed by atoms with Gasteiger partial charge in [-0.15, -0.1) is 24.0 Å². The van der Waals surface area contributed by atoms with Crippen LogP contribution in [-0.2, 0) is 13.0 Å². The lowest BCUT2D eigenvalue weighted by Crippen LogP contribution is -2.39. The summed E-state index contributed by atoms with van der Waals surface area (Å²) in [4.78, 5) is 6.58. The highest BCUT2D eigenvalue weighted by molar-refractivity contribution is 14.0. The molecule has 5 nitrogen and oxygen atoms in total. The second-order valence-corrected chi connectivity index (χ2v) is 5.83. The van der Waals surface area contributed by atoms with E-state index in [1.54, 1.807) is 13.3 Å². The van der Waals surface area contributed by atoms with Crippen LogP contribution in [0.25, 0.3) is 0 Å². The van der Waals surface area contributed by atoms with Crippen molar-refractivity contribution < 1.29 is 4.42 Å². The first-order chi connectivity index (χ1) is 11.8. The third kappa shape index (κ3) is 8.92. The maximum Gasteiger partial charge on any atom is 0.190 e. The SMILES string of the molecule is CN=C(NCCCN(C)Cc1ccccc1)NCCc1ccco1.I. The number of halogens is 1. The van der Waals surface area contributed by atoms with E-state index in [9.17, 15) is 0 Å². The molecule has 2 N–H and O–H groups in total. The Kier molecular flexibility index (Phi) is 11.0. The van der Waals surface area contributed by atoms with Crippen LogP contribution in [0, 0.1) is 0 Å². The van der Waals surface area contributed by atoms with Gasteiger partial charge in [0.15, 0.2) is 5.96 Å². The zero-order valence-electron chi connectivity index (χ0n) is 15.1. The number of nitrogens with one attached hydrogen (secondary N) is 2. The van der Waals surface area contributed by atoms with Gasteiger partial charge in [0.2, 0.25) is 0 Å². The number of furan rings is 1. The summed E-state index contributed by atoms with van der Waals surface area (Å²) < 4.78 is 5.32. The van der Waals surface area contributed by atoms with Crippen molar-refractivity contribution in [2.24, 2.45) is 4.99 Å². The molecule has 0 radical (unpaired) electrons. The maximum absolute atomic E-state index is 5.32. The van der Waals surface area contributed by atoms with Gasteiger partial charge in [0.25, 0.3) is 0 Å². The Labute approximate surface area is 167 Å². The van der Waals surface area contributed by atoms with Crippen molar-refractivity contribution in [3.8, 4) is 0 Å². The zero-order chi connectivity index (χ0) is 17.0. The van der Waals surface area contributed by atoms with E-state index in [1.807, 2.05) is 12.1 Å². The van der Waals surface area contributed by atoms with Gasteiger partial charge in [0.1, 0.15) is 5.76 Å². The van der Waals surface area contributed by atoms with E-state index in [2.05, 4.69) is 57.9 Å². The van der Waals surface area contributed by atoms with Crippen LogP contribution in [0.5, 0.6) is 0 Å². The molecule has 2 aromatic rings. The fourth-order valence-electron chi connectivity index (χ4n) is 2.51. The molecular weight excluding hydrogens is 427 g/mol. The molecule has 1 aromatic carbocycles. The van der Waals surface area contributed by atoms with E-state index < -0.39 is 0 Å². The Hall–Kier alpha value is -1.54. The lowest BCUT2D eigenvalue weighted by Gasteiger charge is -2.17. The van der Waals surface area contributed by atoms with Gasteiger partial charge < -0.3 is 20.0 Å². The minimum Gasteiger partial charge on any atom is -0.469 e. The van der Waals surface area contributed by atoms with E-state index in [1.165, 1.54) is 5.56 Å². The molecule has 0 amide bonds. The van der Waals surface area contributed by atoms with Crippen LogP contribution in [0.15, 0.2) is 58.1 Å². The molecule has 0 unspecified atom stereocenters. The summed E-state index contributed by atoms with van der Waals surface area (Å²) in [5.41, 5.74) is 1.35. The molecule has 1 aromatic heterocycles. The predicted molar refractivity (Wildman–Crippen MR) is 115 cm³/mol. The highest BCUT2D eigenvalue weighted by Crippen LogP contribution is 2.02. The molecule has 2 rings (SSSR count). The topological polar surface area (TPSA) is 52.8 Å². The van der Waals surface area contributed by atoms with E-state index in [4.69, 9.17) is 4.42 Å². The Morgan fingerprint density at radius 3 is 2.52 bits per heavy atom. The largest absolute Gasteiger partial charge is 0.469 e.